The number of hydrogen-bond donors (Lipinski definition) is 3. The van der Waals surface area contributed by atoms with Gasteiger partial charge in [-0.15, -0.1) is 0 Å². The fourth-order valence-electron chi connectivity index (χ4n) is 4.12. The number of aliphatic hydroxyl groups is 2. The average Bonchev–Trinajstić information content (AvgIpc) is 2.69. The summed E-state index contributed by atoms with van der Waals surface area (Å²) in [7, 11) is 0. The Labute approximate surface area is 171 Å². The molecular formula is C23H29NO5. The number of aryl methyl sites for hydroxylation is 1. The number of carbonyl (C=O) groups is 2. The van der Waals surface area contributed by atoms with Crippen molar-refractivity contribution < 1.29 is 24.9 Å². The molecule has 1 saturated carbocycles. The Hall–Kier alpha value is -2.49. The van der Waals surface area contributed by atoms with E-state index in [4.69, 9.17) is 5.11 Å². The lowest BCUT2D eigenvalue weighted by atomic mass is 9.71. The quantitative estimate of drug-likeness (QED) is 0.432. The minimum atomic E-state index is -1.05. The van der Waals surface area contributed by atoms with E-state index in [1.807, 2.05) is 25.1 Å². The van der Waals surface area contributed by atoms with Gasteiger partial charge in [0.2, 0.25) is 0 Å². The van der Waals surface area contributed by atoms with Crippen LogP contribution >= 0.6 is 0 Å². The molecule has 3 N–H and O–H groups in total. The van der Waals surface area contributed by atoms with Gasteiger partial charge >= 0.3 is 5.97 Å². The number of aliphatic carboxylic acids is 1. The third kappa shape index (κ3) is 5.99. The molecule has 3 unspecified atom stereocenters. The van der Waals surface area contributed by atoms with Crippen molar-refractivity contribution in [1.29, 1.82) is 5.26 Å². The summed E-state index contributed by atoms with van der Waals surface area (Å²) >= 11 is 0. The molecule has 2 rings (SSSR count). The first-order valence-electron chi connectivity index (χ1n) is 10.1. The van der Waals surface area contributed by atoms with Gasteiger partial charge in [0.15, 0.2) is 0 Å². The normalized spacial score (nSPS) is 20.6. The molecule has 0 spiro atoms. The number of nitrogens with zero attached hydrogens (tertiary/aromatic N) is 1. The molecule has 6 nitrogen and oxygen atoms in total. The number of benzene rings is 1. The van der Waals surface area contributed by atoms with Gasteiger partial charge in [0.1, 0.15) is 11.9 Å². The van der Waals surface area contributed by atoms with E-state index in [1.165, 1.54) is 0 Å². The Bertz CT molecular complexity index is 808. The van der Waals surface area contributed by atoms with Crippen molar-refractivity contribution in [2.24, 2.45) is 5.92 Å². The molecular weight excluding hydrogens is 370 g/mol. The maximum Gasteiger partial charge on any atom is 0.303 e. The number of unbranched alkanes of at least 4 members (excludes halogenated alkanes) is 1. The van der Waals surface area contributed by atoms with E-state index < -0.39 is 18.7 Å². The van der Waals surface area contributed by atoms with Gasteiger partial charge in [0, 0.05) is 18.8 Å². The summed E-state index contributed by atoms with van der Waals surface area (Å²) in [5.41, 5.74) is 2.33. The van der Waals surface area contributed by atoms with Crippen LogP contribution in [0.3, 0.4) is 0 Å². The predicted molar refractivity (Wildman–Crippen MR) is 108 cm³/mol. The van der Waals surface area contributed by atoms with Gasteiger partial charge < -0.3 is 15.3 Å². The maximum atomic E-state index is 12.8. The molecule has 0 radical (unpaired) electrons. The highest BCUT2D eigenvalue weighted by Crippen LogP contribution is 2.40. The van der Waals surface area contributed by atoms with Crippen molar-refractivity contribution in [3.8, 4) is 6.07 Å². The third-order valence-corrected chi connectivity index (χ3v) is 5.61. The second kappa shape index (κ2) is 10.9. The second-order valence-corrected chi connectivity index (χ2v) is 7.70. The van der Waals surface area contributed by atoms with Crippen molar-refractivity contribution in [3.05, 3.63) is 46.5 Å². The van der Waals surface area contributed by atoms with Crippen LogP contribution < -0.4 is 0 Å². The first-order valence-corrected chi connectivity index (χ1v) is 10.1. The number of carbonyl (C=O) groups excluding carboxylic acids is 1. The summed E-state index contributed by atoms with van der Waals surface area (Å²) in [5, 5.41) is 37.6. The lowest BCUT2D eigenvalue weighted by molar-refractivity contribution is -0.137. The lowest BCUT2D eigenvalue weighted by Gasteiger charge is -2.31. The molecule has 0 heterocycles. The Morgan fingerprint density at radius 3 is 2.79 bits per heavy atom. The lowest BCUT2D eigenvalue weighted by Crippen LogP contribution is -2.27. The van der Waals surface area contributed by atoms with Crippen LogP contribution in [-0.4, -0.2) is 33.7 Å². The molecule has 1 aromatic rings. The number of Topliss-reactive ketones (excluding diaryl/α,β-unsaturated/α-hetero) is 1. The molecule has 0 aromatic heterocycles. The van der Waals surface area contributed by atoms with Crippen LogP contribution in [0.5, 0.6) is 0 Å². The summed E-state index contributed by atoms with van der Waals surface area (Å²) in [4.78, 5) is 23.4. The Kier molecular flexibility index (Phi) is 8.56. The zero-order chi connectivity index (χ0) is 21.4. The highest BCUT2D eigenvalue weighted by molar-refractivity contribution is 5.87. The molecule has 1 fully saturated rings. The van der Waals surface area contributed by atoms with Gasteiger partial charge in [0.05, 0.1) is 18.2 Å². The summed E-state index contributed by atoms with van der Waals surface area (Å²) in [5.74, 6) is -0.939. The molecule has 3 atom stereocenters. The van der Waals surface area contributed by atoms with Gasteiger partial charge in [0.25, 0.3) is 0 Å². The van der Waals surface area contributed by atoms with Crippen molar-refractivity contribution in [2.75, 3.05) is 6.61 Å². The zero-order valence-electron chi connectivity index (χ0n) is 16.8. The van der Waals surface area contributed by atoms with Crippen LogP contribution in [0, 0.1) is 24.2 Å². The number of rotatable bonds is 9. The van der Waals surface area contributed by atoms with E-state index in [0.717, 1.165) is 18.4 Å². The van der Waals surface area contributed by atoms with E-state index in [0.29, 0.717) is 42.4 Å². The topological polar surface area (TPSA) is 119 Å². The fourth-order valence-corrected chi connectivity index (χ4v) is 4.12. The summed E-state index contributed by atoms with van der Waals surface area (Å²) in [6.07, 6.45) is 7.27. The van der Waals surface area contributed by atoms with Gasteiger partial charge in [-0.1, -0.05) is 18.2 Å². The molecule has 29 heavy (non-hydrogen) atoms. The number of allylic oxidation sites excluding steroid dienone is 2. The van der Waals surface area contributed by atoms with Crippen LogP contribution in [0.25, 0.3) is 0 Å². The van der Waals surface area contributed by atoms with Crippen molar-refractivity contribution in [3.63, 3.8) is 0 Å². The highest BCUT2D eigenvalue weighted by Gasteiger charge is 2.34. The Morgan fingerprint density at radius 2 is 2.14 bits per heavy atom. The number of carboxylic acid groups (broad SMARTS) is 1. The van der Waals surface area contributed by atoms with E-state index >= 15 is 0 Å². The highest BCUT2D eigenvalue weighted by atomic mass is 16.4. The van der Waals surface area contributed by atoms with Gasteiger partial charge in [-0.25, -0.2) is 0 Å². The zero-order valence-corrected chi connectivity index (χ0v) is 16.8. The standard InChI is InChI=1S/C23H29NO5/c1-15-11-19(17(13-24)12-18(15)21(27)14-25)23-16(8-6-9-20(23)26)7-4-2-3-5-10-22(28)29/h2,4,11-12,16,21,23,25,27H,3,5-10,14H2,1H3,(H,28,29)/b4-2-. The predicted octanol–water partition coefficient (Wildman–Crippen LogP) is 3.55. The molecule has 0 aliphatic heterocycles. The van der Waals surface area contributed by atoms with Gasteiger partial charge in [-0.2, -0.15) is 5.26 Å². The van der Waals surface area contributed by atoms with Crippen LogP contribution in [-0.2, 0) is 9.59 Å². The number of nitriles is 1. The van der Waals surface area contributed by atoms with E-state index in [9.17, 15) is 25.1 Å². The third-order valence-electron chi connectivity index (χ3n) is 5.61. The first-order chi connectivity index (χ1) is 13.9. The number of carboxylic acids is 1. The molecule has 0 saturated heterocycles. The number of hydrogen-bond acceptors (Lipinski definition) is 5. The second-order valence-electron chi connectivity index (χ2n) is 7.70. The Morgan fingerprint density at radius 1 is 1.38 bits per heavy atom. The van der Waals surface area contributed by atoms with E-state index in [2.05, 4.69) is 6.07 Å². The largest absolute Gasteiger partial charge is 0.481 e. The minimum absolute atomic E-state index is 0.0899. The van der Waals surface area contributed by atoms with Crippen LogP contribution in [0.2, 0.25) is 0 Å². The smallest absolute Gasteiger partial charge is 0.303 e. The Balaban J connectivity index is 2.23. The van der Waals surface area contributed by atoms with Gasteiger partial charge in [-0.05, 0) is 67.7 Å². The molecule has 0 amide bonds. The van der Waals surface area contributed by atoms with Crippen LogP contribution in [0.1, 0.15) is 79.2 Å². The fraction of sp³-hybridized carbons (Fsp3) is 0.522. The molecule has 1 aromatic carbocycles. The van der Waals surface area contributed by atoms with Crippen LogP contribution in [0.15, 0.2) is 24.3 Å². The molecule has 0 bridgehead atoms. The summed E-state index contributed by atoms with van der Waals surface area (Å²) < 4.78 is 0. The number of aliphatic hydroxyl groups excluding tert-OH is 2. The molecule has 156 valence electrons. The van der Waals surface area contributed by atoms with E-state index in [1.54, 1.807) is 6.07 Å². The number of ketones is 1. The SMILES string of the molecule is Cc1cc(C2C(=O)CCCC2C/C=C\CCCC(=O)O)c(C#N)cc1C(O)CO. The van der Waals surface area contributed by atoms with Gasteiger partial charge in [-0.3, -0.25) is 9.59 Å². The van der Waals surface area contributed by atoms with E-state index in [-0.39, 0.29) is 24.0 Å². The minimum Gasteiger partial charge on any atom is -0.481 e. The van der Waals surface area contributed by atoms with Crippen molar-refractivity contribution in [1.82, 2.24) is 0 Å². The maximum absolute atomic E-state index is 12.8. The monoisotopic (exact) mass is 399 g/mol. The molecule has 1 aliphatic carbocycles. The van der Waals surface area contributed by atoms with Crippen LogP contribution in [0.4, 0.5) is 0 Å². The molecule has 1 aliphatic rings. The van der Waals surface area contributed by atoms with Crippen molar-refractivity contribution >= 4 is 11.8 Å². The van der Waals surface area contributed by atoms with Crippen molar-refractivity contribution in [2.45, 2.75) is 63.9 Å². The molecule has 6 heteroatoms. The summed E-state index contributed by atoms with van der Waals surface area (Å²) in [6.45, 7) is 1.38. The first kappa shape index (κ1) is 22.8. The summed E-state index contributed by atoms with van der Waals surface area (Å²) in [6, 6.07) is 5.56. The average molecular weight is 399 g/mol.